The van der Waals surface area contributed by atoms with Gasteiger partial charge in [-0.25, -0.2) is 4.39 Å². The van der Waals surface area contributed by atoms with E-state index < -0.39 is 6.10 Å². The van der Waals surface area contributed by atoms with Gasteiger partial charge >= 0.3 is 0 Å². The van der Waals surface area contributed by atoms with E-state index in [2.05, 4.69) is 5.32 Å². The number of nitrogens with two attached hydrogens (primary N) is 1. The van der Waals surface area contributed by atoms with Crippen molar-refractivity contribution < 1.29 is 13.9 Å². The van der Waals surface area contributed by atoms with Crippen molar-refractivity contribution >= 4 is 30.1 Å². The van der Waals surface area contributed by atoms with Crippen LogP contribution in [-0.2, 0) is 21.8 Å². The lowest BCUT2D eigenvalue weighted by molar-refractivity contribution is -0.132. The van der Waals surface area contributed by atoms with Crippen LogP contribution in [0.2, 0.25) is 0 Å². The minimum Gasteiger partial charge on any atom is -0.364 e. The summed E-state index contributed by atoms with van der Waals surface area (Å²) in [5.74, 6) is 0.349. The number of benzene rings is 1. The molecule has 1 fully saturated rings. The summed E-state index contributed by atoms with van der Waals surface area (Å²) in [6.07, 6.45) is 3.06. The SMILES string of the molecule is CSCc1cc(F)ccc1CNC(=O)[C@@H]1CC[C@H](CN)O1.Cl. The van der Waals surface area contributed by atoms with Gasteiger partial charge in [-0.15, -0.1) is 12.4 Å². The molecule has 2 rings (SSSR count). The molecule has 22 heavy (non-hydrogen) atoms. The maximum atomic E-state index is 13.3. The maximum absolute atomic E-state index is 13.3. The number of rotatable bonds is 6. The van der Waals surface area contributed by atoms with Crippen LogP contribution >= 0.6 is 24.2 Å². The molecule has 1 heterocycles. The minimum absolute atomic E-state index is 0. The van der Waals surface area contributed by atoms with Gasteiger partial charge in [0.1, 0.15) is 11.9 Å². The van der Waals surface area contributed by atoms with Crippen molar-refractivity contribution in [2.45, 2.75) is 37.3 Å². The standard InChI is InChI=1S/C15H21FN2O2S.ClH/c1-21-9-11-6-12(16)3-2-10(11)8-18-15(19)14-5-4-13(7-17)20-14;/h2-3,6,13-14H,4-5,7-9,17H2,1H3,(H,18,19);1H/t13-,14+;/m1./s1. The van der Waals surface area contributed by atoms with Gasteiger partial charge < -0.3 is 15.8 Å². The van der Waals surface area contributed by atoms with E-state index >= 15 is 0 Å². The highest BCUT2D eigenvalue weighted by Crippen LogP contribution is 2.20. The summed E-state index contributed by atoms with van der Waals surface area (Å²) in [5.41, 5.74) is 7.38. The minimum atomic E-state index is -0.414. The van der Waals surface area contributed by atoms with Crippen LogP contribution in [0.5, 0.6) is 0 Å². The van der Waals surface area contributed by atoms with E-state index in [0.29, 0.717) is 19.5 Å². The lowest BCUT2D eigenvalue weighted by Gasteiger charge is -2.14. The molecule has 1 aliphatic heterocycles. The van der Waals surface area contributed by atoms with Gasteiger partial charge in [-0.2, -0.15) is 11.8 Å². The van der Waals surface area contributed by atoms with Gasteiger partial charge in [0.2, 0.25) is 5.91 Å². The summed E-state index contributed by atoms with van der Waals surface area (Å²) < 4.78 is 18.8. The Bertz CT molecular complexity index is 504. The summed E-state index contributed by atoms with van der Waals surface area (Å²) in [7, 11) is 0. The Morgan fingerprint density at radius 1 is 1.45 bits per heavy atom. The first-order valence-corrected chi connectivity index (χ1v) is 8.43. The molecule has 1 aromatic rings. The zero-order valence-electron chi connectivity index (χ0n) is 12.5. The molecule has 1 aromatic carbocycles. The van der Waals surface area contributed by atoms with Crippen molar-refractivity contribution in [1.29, 1.82) is 0 Å². The number of hydrogen-bond donors (Lipinski definition) is 2. The van der Waals surface area contributed by atoms with Crippen molar-refractivity contribution in [3.63, 3.8) is 0 Å². The summed E-state index contributed by atoms with van der Waals surface area (Å²) >= 11 is 1.62. The van der Waals surface area contributed by atoms with Gasteiger partial charge in [-0.3, -0.25) is 4.79 Å². The second-order valence-corrected chi connectivity index (χ2v) is 5.99. The molecular formula is C15H22ClFN2O2S. The van der Waals surface area contributed by atoms with Crippen molar-refractivity contribution in [1.82, 2.24) is 5.32 Å². The van der Waals surface area contributed by atoms with E-state index in [-0.39, 0.29) is 30.2 Å². The molecule has 1 amide bonds. The number of ether oxygens (including phenoxy) is 1. The highest BCUT2D eigenvalue weighted by atomic mass is 35.5. The molecule has 1 aliphatic rings. The molecule has 124 valence electrons. The molecule has 0 saturated carbocycles. The summed E-state index contributed by atoms with van der Waals surface area (Å²) in [6.45, 7) is 0.835. The van der Waals surface area contributed by atoms with Crippen LogP contribution in [0, 0.1) is 5.82 Å². The highest BCUT2D eigenvalue weighted by molar-refractivity contribution is 7.97. The largest absolute Gasteiger partial charge is 0.364 e. The maximum Gasteiger partial charge on any atom is 0.249 e. The molecule has 0 unspecified atom stereocenters. The summed E-state index contributed by atoms with van der Waals surface area (Å²) in [6, 6.07) is 4.66. The van der Waals surface area contributed by atoms with Crippen molar-refractivity contribution in [2.24, 2.45) is 5.73 Å². The number of nitrogens with one attached hydrogen (secondary N) is 1. The van der Waals surface area contributed by atoms with Crippen LogP contribution in [-0.4, -0.2) is 30.9 Å². The van der Waals surface area contributed by atoms with E-state index in [1.165, 1.54) is 12.1 Å². The molecule has 7 heteroatoms. The fourth-order valence-corrected chi connectivity index (χ4v) is 3.00. The number of carbonyl (C=O) groups excluding carboxylic acids is 1. The Balaban J connectivity index is 0.00000242. The van der Waals surface area contributed by atoms with Crippen LogP contribution in [0.3, 0.4) is 0 Å². The van der Waals surface area contributed by atoms with E-state index in [1.54, 1.807) is 17.8 Å². The molecule has 0 bridgehead atoms. The molecule has 1 saturated heterocycles. The average molecular weight is 349 g/mol. The van der Waals surface area contributed by atoms with Gasteiger partial charge in [0.25, 0.3) is 0 Å². The third-order valence-corrected chi connectivity index (χ3v) is 4.18. The Kier molecular flexibility index (Phi) is 8.17. The molecule has 0 spiro atoms. The molecule has 0 aliphatic carbocycles. The third kappa shape index (κ3) is 5.12. The Labute approximate surface area is 140 Å². The normalized spacial score (nSPS) is 20.5. The van der Waals surface area contributed by atoms with E-state index in [9.17, 15) is 9.18 Å². The highest BCUT2D eigenvalue weighted by Gasteiger charge is 2.29. The van der Waals surface area contributed by atoms with E-state index in [4.69, 9.17) is 10.5 Å². The molecule has 3 N–H and O–H groups in total. The fourth-order valence-electron chi connectivity index (χ4n) is 2.42. The summed E-state index contributed by atoms with van der Waals surface area (Å²) in [5, 5.41) is 2.87. The van der Waals surface area contributed by atoms with Crippen LogP contribution in [0.4, 0.5) is 4.39 Å². The topological polar surface area (TPSA) is 64.4 Å². The number of amides is 1. The zero-order chi connectivity index (χ0) is 15.2. The Morgan fingerprint density at radius 3 is 2.86 bits per heavy atom. The Hall–Kier alpha value is -0.820. The summed E-state index contributed by atoms with van der Waals surface area (Å²) in [4.78, 5) is 12.1. The number of hydrogen-bond acceptors (Lipinski definition) is 4. The van der Waals surface area contributed by atoms with Crippen LogP contribution in [0.1, 0.15) is 24.0 Å². The molecule has 4 nitrogen and oxygen atoms in total. The first-order valence-electron chi connectivity index (χ1n) is 7.03. The average Bonchev–Trinajstić information content (AvgIpc) is 2.95. The second-order valence-electron chi connectivity index (χ2n) is 5.12. The molecule has 2 atom stereocenters. The quantitative estimate of drug-likeness (QED) is 0.827. The van der Waals surface area contributed by atoms with E-state index in [0.717, 1.165) is 23.3 Å². The van der Waals surface area contributed by atoms with Crippen LogP contribution in [0.15, 0.2) is 18.2 Å². The van der Waals surface area contributed by atoms with Crippen LogP contribution in [0.25, 0.3) is 0 Å². The smallest absolute Gasteiger partial charge is 0.249 e. The van der Waals surface area contributed by atoms with Gasteiger partial charge in [0, 0.05) is 18.8 Å². The van der Waals surface area contributed by atoms with E-state index in [1.807, 2.05) is 6.26 Å². The van der Waals surface area contributed by atoms with Crippen molar-refractivity contribution in [2.75, 3.05) is 12.8 Å². The predicted molar refractivity (Wildman–Crippen MR) is 89.7 cm³/mol. The van der Waals surface area contributed by atoms with Crippen LogP contribution < -0.4 is 11.1 Å². The van der Waals surface area contributed by atoms with Gasteiger partial charge in [-0.05, 0) is 42.4 Å². The zero-order valence-corrected chi connectivity index (χ0v) is 14.1. The number of halogens is 2. The number of thioether (sulfide) groups is 1. The first-order chi connectivity index (χ1) is 10.1. The van der Waals surface area contributed by atoms with Gasteiger partial charge in [0.05, 0.1) is 6.10 Å². The lowest BCUT2D eigenvalue weighted by atomic mass is 10.1. The predicted octanol–water partition coefficient (Wildman–Crippen LogP) is 2.23. The van der Waals surface area contributed by atoms with Crippen molar-refractivity contribution in [3.05, 3.63) is 35.1 Å². The Morgan fingerprint density at radius 2 is 2.23 bits per heavy atom. The monoisotopic (exact) mass is 348 g/mol. The van der Waals surface area contributed by atoms with Gasteiger partial charge in [0.15, 0.2) is 0 Å². The molecular weight excluding hydrogens is 327 g/mol. The molecule has 0 radical (unpaired) electrons. The fraction of sp³-hybridized carbons (Fsp3) is 0.533. The van der Waals surface area contributed by atoms with Crippen molar-refractivity contribution in [3.8, 4) is 0 Å². The first kappa shape index (κ1) is 19.2. The van der Waals surface area contributed by atoms with Gasteiger partial charge in [-0.1, -0.05) is 6.07 Å². The molecule has 0 aromatic heterocycles. The number of carbonyl (C=O) groups is 1. The third-order valence-electron chi connectivity index (χ3n) is 3.58. The second kappa shape index (κ2) is 9.35. The lowest BCUT2D eigenvalue weighted by Crippen LogP contribution is -2.35.